The van der Waals surface area contributed by atoms with Gasteiger partial charge in [-0.1, -0.05) is 30.9 Å². The first-order valence-electron chi connectivity index (χ1n) is 7.59. The van der Waals surface area contributed by atoms with E-state index in [1.807, 2.05) is 6.92 Å². The fourth-order valence-electron chi connectivity index (χ4n) is 3.71. The number of rotatable bonds is 2. The molecule has 3 aliphatic rings. The van der Waals surface area contributed by atoms with Gasteiger partial charge in [0.2, 0.25) is 0 Å². The number of carbonyl (C=O) groups is 1. The van der Waals surface area contributed by atoms with Crippen molar-refractivity contribution in [2.24, 2.45) is 5.92 Å². The Morgan fingerprint density at radius 2 is 1.90 bits per heavy atom. The van der Waals surface area contributed by atoms with Gasteiger partial charge in [-0.15, -0.1) is 0 Å². The summed E-state index contributed by atoms with van der Waals surface area (Å²) in [6.45, 7) is 3.76. The molecule has 2 aliphatic carbocycles. The zero-order chi connectivity index (χ0) is 15.2. The van der Waals surface area contributed by atoms with Crippen molar-refractivity contribution in [1.29, 1.82) is 0 Å². The molecule has 21 heavy (non-hydrogen) atoms. The third-order valence-electron chi connectivity index (χ3n) is 4.98. The number of halogens is 1. The maximum absolute atomic E-state index is 11.3. The molecule has 1 N–H and O–H groups in total. The molecule has 3 atom stereocenters. The van der Waals surface area contributed by atoms with Crippen molar-refractivity contribution in [2.45, 2.75) is 63.9 Å². The molecular formula is C16H21ClO4. The highest BCUT2D eigenvalue weighted by molar-refractivity contribution is 6.31. The molecule has 1 heterocycles. The second-order valence-corrected chi connectivity index (χ2v) is 6.80. The average molecular weight is 313 g/mol. The quantitative estimate of drug-likeness (QED) is 0.846. The van der Waals surface area contributed by atoms with Gasteiger partial charge in [0.15, 0.2) is 5.79 Å². The molecule has 0 amide bonds. The van der Waals surface area contributed by atoms with Crippen LogP contribution in [0, 0.1) is 5.92 Å². The summed E-state index contributed by atoms with van der Waals surface area (Å²) in [6.07, 6.45) is 6.57. The van der Waals surface area contributed by atoms with E-state index in [-0.39, 0.29) is 17.8 Å². The number of hydrogen-bond donors (Lipinski definition) is 1. The Morgan fingerprint density at radius 1 is 1.29 bits per heavy atom. The number of aliphatic carboxylic acids is 1. The summed E-state index contributed by atoms with van der Waals surface area (Å²) in [5.41, 5.74) is 0.911. The Morgan fingerprint density at radius 3 is 2.52 bits per heavy atom. The normalized spacial score (nSPS) is 37.4. The van der Waals surface area contributed by atoms with E-state index < -0.39 is 11.8 Å². The van der Waals surface area contributed by atoms with Crippen molar-refractivity contribution in [1.82, 2.24) is 0 Å². The SMILES string of the molecule is CC1=C(C(=O)O)C=C(Cl)C2O[C@](C)(C3CCCCC3)OC12. The fraction of sp³-hybridized carbons (Fsp3) is 0.688. The van der Waals surface area contributed by atoms with Crippen molar-refractivity contribution in [2.75, 3.05) is 0 Å². The lowest BCUT2D eigenvalue weighted by Crippen LogP contribution is -2.38. The molecule has 0 spiro atoms. The maximum atomic E-state index is 11.3. The number of ether oxygens (including phenoxy) is 2. The van der Waals surface area contributed by atoms with E-state index in [0.717, 1.165) is 12.8 Å². The van der Waals surface area contributed by atoms with Crippen LogP contribution in [0.25, 0.3) is 0 Å². The third kappa shape index (κ3) is 2.54. The van der Waals surface area contributed by atoms with Crippen LogP contribution in [0.1, 0.15) is 46.0 Å². The molecule has 5 heteroatoms. The van der Waals surface area contributed by atoms with Crippen molar-refractivity contribution < 1.29 is 19.4 Å². The van der Waals surface area contributed by atoms with Crippen LogP contribution >= 0.6 is 11.6 Å². The first-order valence-corrected chi connectivity index (χ1v) is 7.97. The molecule has 0 radical (unpaired) electrons. The molecule has 1 saturated carbocycles. The molecule has 0 aromatic carbocycles. The van der Waals surface area contributed by atoms with Gasteiger partial charge >= 0.3 is 5.97 Å². The lowest BCUT2D eigenvalue weighted by atomic mass is 9.84. The van der Waals surface area contributed by atoms with Crippen LogP contribution in [0.5, 0.6) is 0 Å². The van der Waals surface area contributed by atoms with E-state index >= 15 is 0 Å². The van der Waals surface area contributed by atoms with E-state index in [1.54, 1.807) is 6.92 Å². The van der Waals surface area contributed by atoms with Gasteiger partial charge < -0.3 is 14.6 Å². The molecule has 4 nitrogen and oxygen atoms in total. The lowest BCUT2D eigenvalue weighted by Gasteiger charge is -2.35. The predicted octanol–water partition coefficient (Wildman–Crippen LogP) is 3.60. The summed E-state index contributed by atoms with van der Waals surface area (Å²) in [5.74, 6) is -1.29. The third-order valence-corrected chi connectivity index (χ3v) is 5.30. The average Bonchev–Trinajstić information content (AvgIpc) is 2.84. The molecule has 2 fully saturated rings. The Bertz CT molecular complexity index is 518. The van der Waals surface area contributed by atoms with E-state index in [0.29, 0.717) is 16.5 Å². The first-order chi connectivity index (χ1) is 9.92. The second kappa shape index (κ2) is 5.41. The predicted molar refractivity (Wildman–Crippen MR) is 79.0 cm³/mol. The van der Waals surface area contributed by atoms with Crippen molar-refractivity contribution >= 4 is 17.6 Å². The number of fused-ring (bicyclic) bond motifs is 1. The molecule has 1 saturated heterocycles. The topological polar surface area (TPSA) is 55.8 Å². The Hall–Kier alpha value is -0.840. The van der Waals surface area contributed by atoms with Gasteiger partial charge in [-0.2, -0.15) is 0 Å². The summed E-state index contributed by atoms with van der Waals surface area (Å²) in [5, 5.41) is 9.69. The smallest absolute Gasteiger partial charge is 0.335 e. The van der Waals surface area contributed by atoms with Crippen molar-refractivity contribution in [3.05, 3.63) is 22.3 Å². The van der Waals surface area contributed by atoms with Gasteiger partial charge in [0, 0.05) is 5.92 Å². The standard InChI is InChI=1S/C16H21ClO4/c1-9-11(15(18)19)8-12(17)14-13(9)20-16(2,21-14)10-6-4-3-5-7-10/h8,10,13-14H,3-7H2,1-2H3,(H,18,19)/t13?,14?,16-/m1/s1. The van der Waals surface area contributed by atoms with Crippen LogP contribution in [0.15, 0.2) is 22.3 Å². The second-order valence-electron chi connectivity index (χ2n) is 6.36. The van der Waals surface area contributed by atoms with Crippen LogP contribution in [-0.2, 0) is 14.3 Å². The summed E-state index contributed by atoms with van der Waals surface area (Å²) in [6, 6.07) is 0. The van der Waals surface area contributed by atoms with E-state index in [4.69, 9.17) is 21.1 Å². The first kappa shape index (κ1) is 15.1. The molecule has 0 aromatic rings. The molecule has 116 valence electrons. The van der Waals surface area contributed by atoms with Gasteiger partial charge in [-0.05, 0) is 38.3 Å². The molecule has 0 aromatic heterocycles. The van der Waals surface area contributed by atoms with Crippen LogP contribution in [0.3, 0.4) is 0 Å². The van der Waals surface area contributed by atoms with Crippen LogP contribution < -0.4 is 0 Å². The highest BCUT2D eigenvalue weighted by Crippen LogP contribution is 2.47. The zero-order valence-electron chi connectivity index (χ0n) is 12.4. The fourth-order valence-corrected chi connectivity index (χ4v) is 3.98. The summed E-state index contributed by atoms with van der Waals surface area (Å²) in [4.78, 5) is 11.3. The largest absolute Gasteiger partial charge is 0.478 e. The van der Waals surface area contributed by atoms with Gasteiger partial charge in [0.05, 0.1) is 10.6 Å². The van der Waals surface area contributed by atoms with Crippen molar-refractivity contribution in [3.63, 3.8) is 0 Å². The van der Waals surface area contributed by atoms with Crippen LogP contribution in [0.4, 0.5) is 0 Å². The maximum Gasteiger partial charge on any atom is 0.335 e. The van der Waals surface area contributed by atoms with Gasteiger partial charge in [-0.25, -0.2) is 4.79 Å². The highest BCUT2D eigenvalue weighted by atomic mass is 35.5. The summed E-state index contributed by atoms with van der Waals surface area (Å²) in [7, 11) is 0. The highest BCUT2D eigenvalue weighted by Gasteiger charge is 2.52. The van der Waals surface area contributed by atoms with Crippen LogP contribution in [-0.4, -0.2) is 29.1 Å². The molecule has 1 aliphatic heterocycles. The van der Waals surface area contributed by atoms with E-state index in [9.17, 15) is 9.90 Å². The summed E-state index contributed by atoms with van der Waals surface area (Å²) < 4.78 is 12.3. The van der Waals surface area contributed by atoms with Gasteiger partial charge in [0.1, 0.15) is 12.2 Å². The van der Waals surface area contributed by atoms with Gasteiger partial charge in [-0.3, -0.25) is 0 Å². The number of carboxylic acid groups (broad SMARTS) is 1. The number of hydrogen-bond acceptors (Lipinski definition) is 3. The molecule has 0 bridgehead atoms. The Balaban J connectivity index is 1.88. The molecule has 3 rings (SSSR count). The van der Waals surface area contributed by atoms with E-state index in [2.05, 4.69) is 0 Å². The van der Waals surface area contributed by atoms with Gasteiger partial charge in [0.25, 0.3) is 0 Å². The van der Waals surface area contributed by atoms with Crippen molar-refractivity contribution in [3.8, 4) is 0 Å². The minimum absolute atomic E-state index is 0.220. The summed E-state index contributed by atoms with van der Waals surface area (Å²) >= 11 is 6.25. The minimum atomic E-state index is -0.973. The Labute approximate surface area is 129 Å². The Kier molecular flexibility index (Phi) is 3.89. The monoisotopic (exact) mass is 312 g/mol. The van der Waals surface area contributed by atoms with Crippen LogP contribution in [0.2, 0.25) is 0 Å². The van der Waals surface area contributed by atoms with E-state index in [1.165, 1.54) is 25.3 Å². The minimum Gasteiger partial charge on any atom is -0.478 e. The zero-order valence-corrected chi connectivity index (χ0v) is 13.2. The molecule has 2 unspecified atom stereocenters. The molecular weight excluding hydrogens is 292 g/mol. The number of carboxylic acids is 1. The lowest BCUT2D eigenvalue weighted by molar-refractivity contribution is -0.199.